The number of anilines is 1. The molecule has 5 heterocycles. The summed E-state index contributed by atoms with van der Waals surface area (Å²) in [4.78, 5) is 40.9. The molecular formula is C22H22ClN7O2. The van der Waals surface area contributed by atoms with Crippen LogP contribution in [0.5, 0.6) is 0 Å². The molecule has 4 aromatic rings. The predicted octanol–water partition coefficient (Wildman–Crippen LogP) is 2.23. The van der Waals surface area contributed by atoms with Crippen molar-refractivity contribution in [1.82, 2.24) is 28.7 Å². The van der Waals surface area contributed by atoms with Crippen LogP contribution in [0.3, 0.4) is 0 Å². The lowest BCUT2D eigenvalue weighted by atomic mass is 10.0. The summed E-state index contributed by atoms with van der Waals surface area (Å²) in [6.07, 6.45) is 10.6. The van der Waals surface area contributed by atoms with Crippen molar-refractivity contribution in [2.75, 3.05) is 18.0 Å². The summed E-state index contributed by atoms with van der Waals surface area (Å²) in [6, 6.07) is 5.51. The lowest BCUT2D eigenvalue weighted by molar-refractivity contribution is 0.389. The minimum atomic E-state index is -0.578. The molecule has 0 saturated carbocycles. The monoisotopic (exact) mass is 451 g/mol. The fourth-order valence-corrected chi connectivity index (χ4v) is 4.40. The average molecular weight is 452 g/mol. The molecule has 1 saturated heterocycles. The first-order valence-electron chi connectivity index (χ1n) is 10.4. The maximum Gasteiger partial charge on any atom is 0.318 e. The molecule has 164 valence electrons. The van der Waals surface area contributed by atoms with Gasteiger partial charge in [0.05, 0.1) is 17.1 Å². The zero-order valence-corrected chi connectivity index (χ0v) is 18.3. The van der Waals surface area contributed by atoms with Crippen molar-refractivity contribution in [2.45, 2.75) is 25.4 Å². The molecule has 1 aliphatic rings. The standard InChI is InChI=1S/C22H22ClN7O2/c1-27-18-10-16(23)13-24-19(18)30(21(32)20(27)31)17-4-8-29(9-5-17)22-25-11-15(12-26-22)14-28-6-2-3-7-28/h2-3,6-7,10-13,17H,4-5,8-9,14H2,1H3. The zero-order valence-electron chi connectivity index (χ0n) is 17.6. The van der Waals surface area contributed by atoms with Crippen molar-refractivity contribution in [3.8, 4) is 0 Å². The van der Waals surface area contributed by atoms with Crippen LogP contribution in [0.15, 0.2) is 58.8 Å². The first-order chi connectivity index (χ1) is 15.5. The van der Waals surface area contributed by atoms with Crippen molar-refractivity contribution >= 4 is 28.7 Å². The van der Waals surface area contributed by atoms with Crippen molar-refractivity contribution < 1.29 is 0 Å². The van der Waals surface area contributed by atoms with Gasteiger partial charge in [-0.05, 0) is 31.0 Å². The van der Waals surface area contributed by atoms with Crippen molar-refractivity contribution in [3.05, 3.63) is 80.5 Å². The van der Waals surface area contributed by atoms with E-state index < -0.39 is 11.1 Å². The Morgan fingerprint density at radius 2 is 1.69 bits per heavy atom. The molecule has 0 radical (unpaired) electrons. The Bertz CT molecular complexity index is 1370. The predicted molar refractivity (Wildman–Crippen MR) is 122 cm³/mol. The Labute approximate surface area is 188 Å². The molecule has 0 aliphatic carbocycles. The van der Waals surface area contributed by atoms with Crippen LogP contribution in [0.4, 0.5) is 5.95 Å². The van der Waals surface area contributed by atoms with Crippen LogP contribution >= 0.6 is 11.6 Å². The molecule has 4 aromatic heterocycles. The number of hydrogen-bond donors (Lipinski definition) is 0. The van der Waals surface area contributed by atoms with Gasteiger partial charge in [-0.25, -0.2) is 15.0 Å². The third-order valence-electron chi connectivity index (χ3n) is 5.95. The van der Waals surface area contributed by atoms with Crippen LogP contribution in [0, 0.1) is 0 Å². The summed E-state index contributed by atoms with van der Waals surface area (Å²) in [6.45, 7) is 2.09. The molecular weight excluding hydrogens is 430 g/mol. The van der Waals surface area contributed by atoms with Gasteiger partial charge in [0.25, 0.3) is 0 Å². The van der Waals surface area contributed by atoms with Gasteiger partial charge in [0, 0.05) is 62.7 Å². The third kappa shape index (κ3) is 3.69. The number of hydrogen-bond acceptors (Lipinski definition) is 6. The second-order valence-corrected chi connectivity index (χ2v) is 8.44. The molecule has 1 aliphatic heterocycles. The summed E-state index contributed by atoms with van der Waals surface area (Å²) >= 11 is 6.07. The highest BCUT2D eigenvalue weighted by Crippen LogP contribution is 2.26. The number of halogens is 1. The summed E-state index contributed by atoms with van der Waals surface area (Å²) in [5.41, 5.74) is 0.920. The molecule has 0 amide bonds. The van der Waals surface area contributed by atoms with Crippen LogP contribution in [-0.2, 0) is 13.6 Å². The Morgan fingerprint density at radius 3 is 2.38 bits per heavy atom. The lowest BCUT2D eigenvalue weighted by Crippen LogP contribution is -2.45. The highest BCUT2D eigenvalue weighted by atomic mass is 35.5. The zero-order chi connectivity index (χ0) is 22.2. The van der Waals surface area contributed by atoms with Crippen molar-refractivity contribution in [1.29, 1.82) is 0 Å². The van der Waals surface area contributed by atoms with Gasteiger partial charge in [0.1, 0.15) is 0 Å². The first-order valence-corrected chi connectivity index (χ1v) is 10.8. The third-order valence-corrected chi connectivity index (χ3v) is 6.15. The lowest BCUT2D eigenvalue weighted by Gasteiger charge is -2.33. The SMILES string of the molecule is Cn1c(=O)c(=O)n(C2CCN(c3ncc(Cn4cccc4)cn3)CC2)c2ncc(Cl)cc21. The molecule has 0 bridgehead atoms. The van der Waals surface area contributed by atoms with Crippen LogP contribution in [0.2, 0.25) is 5.02 Å². The Kier molecular flexibility index (Phi) is 5.26. The maximum absolute atomic E-state index is 12.8. The molecule has 0 spiro atoms. The van der Waals surface area contributed by atoms with Crippen LogP contribution < -0.4 is 16.0 Å². The van der Waals surface area contributed by atoms with E-state index in [0.29, 0.717) is 48.1 Å². The Morgan fingerprint density at radius 1 is 1.00 bits per heavy atom. The number of rotatable bonds is 4. The van der Waals surface area contributed by atoms with Crippen molar-refractivity contribution in [2.24, 2.45) is 7.05 Å². The van der Waals surface area contributed by atoms with E-state index >= 15 is 0 Å². The van der Waals surface area contributed by atoms with Gasteiger partial charge in [-0.1, -0.05) is 11.6 Å². The maximum atomic E-state index is 12.8. The molecule has 10 heteroatoms. The molecule has 5 rings (SSSR count). The van der Waals surface area contributed by atoms with E-state index in [0.717, 1.165) is 12.1 Å². The van der Waals surface area contributed by atoms with Gasteiger partial charge in [-0.3, -0.25) is 14.2 Å². The van der Waals surface area contributed by atoms with E-state index in [1.165, 1.54) is 15.3 Å². The summed E-state index contributed by atoms with van der Waals surface area (Å²) in [5.74, 6) is 0.672. The van der Waals surface area contributed by atoms with Gasteiger partial charge < -0.3 is 14.0 Å². The van der Waals surface area contributed by atoms with Crippen LogP contribution in [0.1, 0.15) is 24.4 Å². The normalized spacial score (nSPS) is 14.9. The van der Waals surface area contributed by atoms with Gasteiger partial charge in [0.15, 0.2) is 5.65 Å². The topological polar surface area (TPSA) is 90.8 Å². The fourth-order valence-electron chi connectivity index (χ4n) is 4.25. The van der Waals surface area contributed by atoms with Gasteiger partial charge in [0.2, 0.25) is 5.95 Å². The Hall–Kier alpha value is -3.46. The molecule has 0 unspecified atom stereocenters. The molecule has 1 fully saturated rings. The number of pyridine rings is 1. The Balaban J connectivity index is 1.36. The number of fused-ring (bicyclic) bond motifs is 1. The van der Waals surface area contributed by atoms with E-state index in [1.54, 1.807) is 13.1 Å². The van der Waals surface area contributed by atoms with E-state index in [-0.39, 0.29) is 6.04 Å². The first kappa shape index (κ1) is 20.4. The van der Waals surface area contributed by atoms with Gasteiger partial charge in [-0.2, -0.15) is 0 Å². The molecule has 0 atom stereocenters. The second-order valence-electron chi connectivity index (χ2n) is 8.00. The van der Waals surface area contributed by atoms with E-state index in [4.69, 9.17) is 11.6 Å². The number of aromatic nitrogens is 6. The average Bonchev–Trinajstić information content (AvgIpc) is 3.32. The van der Waals surface area contributed by atoms with E-state index in [1.807, 2.05) is 36.9 Å². The van der Waals surface area contributed by atoms with Crippen molar-refractivity contribution in [3.63, 3.8) is 0 Å². The highest BCUT2D eigenvalue weighted by molar-refractivity contribution is 6.31. The minimum Gasteiger partial charge on any atom is -0.350 e. The minimum absolute atomic E-state index is 0.128. The molecule has 0 aromatic carbocycles. The fraction of sp³-hybridized carbons (Fsp3) is 0.318. The summed E-state index contributed by atoms with van der Waals surface area (Å²) < 4.78 is 4.91. The van der Waals surface area contributed by atoms with Gasteiger partial charge >= 0.3 is 11.1 Å². The summed E-state index contributed by atoms with van der Waals surface area (Å²) in [7, 11) is 1.56. The highest BCUT2D eigenvalue weighted by Gasteiger charge is 2.26. The molecule has 9 nitrogen and oxygen atoms in total. The summed E-state index contributed by atoms with van der Waals surface area (Å²) in [5, 5.41) is 0.421. The second kappa shape index (κ2) is 8.23. The van der Waals surface area contributed by atoms with Crippen LogP contribution in [-0.4, -0.2) is 41.7 Å². The van der Waals surface area contributed by atoms with E-state index in [2.05, 4.69) is 24.4 Å². The number of piperidine rings is 1. The largest absolute Gasteiger partial charge is 0.350 e. The molecule has 0 N–H and O–H groups in total. The quantitative estimate of drug-likeness (QED) is 0.442. The van der Waals surface area contributed by atoms with E-state index in [9.17, 15) is 9.59 Å². The smallest absolute Gasteiger partial charge is 0.318 e. The number of aryl methyl sites for hydroxylation is 1. The van der Waals surface area contributed by atoms with Crippen LogP contribution in [0.25, 0.3) is 11.2 Å². The molecule has 32 heavy (non-hydrogen) atoms. The van der Waals surface area contributed by atoms with Gasteiger partial charge in [-0.15, -0.1) is 0 Å². The number of nitrogens with zero attached hydrogens (tertiary/aromatic N) is 7.